The molecule has 1 N–H and O–H groups in total. The van der Waals surface area contributed by atoms with E-state index in [0.29, 0.717) is 22.7 Å². The number of hydrogen-bond donors (Lipinski definition) is 1. The highest BCUT2D eigenvalue weighted by Crippen LogP contribution is 2.24. The van der Waals surface area contributed by atoms with Crippen molar-refractivity contribution in [3.63, 3.8) is 0 Å². The number of aryl methyl sites for hydroxylation is 1. The Kier molecular flexibility index (Phi) is 6.34. The van der Waals surface area contributed by atoms with Crippen molar-refractivity contribution < 1.29 is 23.1 Å². The number of carbonyl (C=O) groups excluding carboxylic acids is 1. The van der Waals surface area contributed by atoms with E-state index >= 15 is 0 Å². The van der Waals surface area contributed by atoms with Gasteiger partial charge in [-0.3, -0.25) is 4.79 Å². The summed E-state index contributed by atoms with van der Waals surface area (Å²) in [5, 5.41) is 8.90. The summed E-state index contributed by atoms with van der Waals surface area (Å²) < 4.78 is 38.6. The maximum absolute atomic E-state index is 12.5. The summed E-state index contributed by atoms with van der Waals surface area (Å²) in [5.74, 6) is 0.775. The van der Waals surface area contributed by atoms with Crippen molar-refractivity contribution in [2.75, 3.05) is 18.1 Å². The third-order valence-corrected chi connectivity index (χ3v) is 4.43. The number of thioether (sulfide) groups is 1. The van der Waals surface area contributed by atoms with Crippen LogP contribution in [0.2, 0.25) is 0 Å². The van der Waals surface area contributed by atoms with E-state index in [2.05, 4.69) is 0 Å². The SMILES string of the molecule is Cc1cc(C(=O)CSCC(C)CO)c(C)n1CC(F)(F)F. The summed E-state index contributed by atoms with van der Waals surface area (Å²) in [5.41, 5.74) is 1.13. The first kappa shape index (κ1) is 18.1. The van der Waals surface area contributed by atoms with Crippen molar-refractivity contribution in [3.05, 3.63) is 23.0 Å². The molecule has 0 saturated carbocycles. The lowest BCUT2D eigenvalue weighted by atomic mass is 10.2. The highest BCUT2D eigenvalue weighted by Gasteiger charge is 2.30. The molecule has 1 rings (SSSR count). The Labute approximate surface area is 126 Å². The average molecular weight is 323 g/mol. The Morgan fingerprint density at radius 3 is 2.57 bits per heavy atom. The number of carbonyl (C=O) groups is 1. The summed E-state index contributed by atoms with van der Waals surface area (Å²) in [6.45, 7) is 3.95. The maximum Gasteiger partial charge on any atom is 0.406 e. The number of nitrogens with zero attached hydrogens (tertiary/aromatic N) is 1. The Hall–Kier alpha value is -0.950. The van der Waals surface area contributed by atoms with Gasteiger partial charge in [-0.25, -0.2) is 0 Å². The molecule has 21 heavy (non-hydrogen) atoms. The van der Waals surface area contributed by atoms with E-state index < -0.39 is 12.7 Å². The summed E-state index contributed by atoms with van der Waals surface area (Å²) in [4.78, 5) is 12.1. The molecule has 0 aliphatic rings. The van der Waals surface area contributed by atoms with Gasteiger partial charge in [0.05, 0.1) is 5.75 Å². The van der Waals surface area contributed by atoms with Crippen LogP contribution < -0.4 is 0 Å². The van der Waals surface area contributed by atoms with E-state index in [9.17, 15) is 18.0 Å². The van der Waals surface area contributed by atoms with Gasteiger partial charge in [-0.2, -0.15) is 24.9 Å². The molecule has 7 heteroatoms. The van der Waals surface area contributed by atoms with E-state index in [0.717, 1.165) is 4.57 Å². The third-order valence-electron chi connectivity index (χ3n) is 3.16. The van der Waals surface area contributed by atoms with Gasteiger partial charge in [-0.15, -0.1) is 0 Å². The van der Waals surface area contributed by atoms with Crippen LogP contribution in [0.3, 0.4) is 0 Å². The van der Waals surface area contributed by atoms with E-state index in [1.165, 1.54) is 24.8 Å². The third kappa shape index (κ3) is 5.39. The summed E-state index contributed by atoms with van der Waals surface area (Å²) in [6, 6.07) is 1.51. The van der Waals surface area contributed by atoms with Crippen molar-refractivity contribution in [1.29, 1.82) is 0 Å². The fourth-order valence-electron chi connectivity index (χ4n) is 1.99. The first-order chi connectivity index (χ1) is 9.65. The van der Waals surface area contributed by atoms with Gasteiger partial charge in [0.25, 0.3) is 0 Å². The number of hydrogen-bond acceptors (Lipinski definition) is 3. The van der Waals surface area contributed by atoms with Crippen LogP contribution in [0.4, 0.5) is 13.2 Å². The number of Topliss-reactive ketones (excluding diaryl/α,β-unsaturated/α-hetero) is 1. The normalized spacial score (nSPS) is 13.5. The minimum atomic E-state index is -4.31. The van der Waals surface area contributed by atoms with Crippen molar-refractivity contribution >= 4 is 17.5 Å². The van der Waals surface area contributed by atoms with Gasteiger partial charge in [0.1, 0.15) is 6.54 Å². The fraction of sp³-hybridized carbons (Fsp3) is 0.643. The number of aliphatic hydroxyl groups excluding tert-OH is 1. The molecule has 0 aliphatic heterocycles. The molecule has 1 aromatic heterocycles. The molecule has 1 unspecified atom stereocenters. The molecule has 1 atom stereocenters. The molecule has 0 amide bonds. The number of alkyl halides is 3. The van der Waals surface area contributed by atoms with Crippen molar-refractivity contribution in [1.82, 2.24) is 4.57 Å². The van der Waals surface area contributed by atoms with Gasteiger partial charge in [0, 0.05) is 23.6 Å². The van der Waals surface area contributed by atoms with Crippen LogP contribution in [-0.4, -0.2) is 39.7 Å². The zero-order chi connectivity index (χ0) is 16.2. The summed E-state index contributed by atoms with van der Waals surface area (Å²) in [7, 11) is 0. The van der Waals surface area contributed by atoms with Gasteiger partial charge in [0.15, 0.2) is 5.78 Å². The number of aromatic nitrogens is 1. The van der Waals surface area contributed by atoms with Crippen molar-refractivity contribution in [3.8, 4) is 0 Å². The highest BCUT2D eigenvalue weighted by atomic mass is 32.2. The lowest BCUT2D eigenvalue weighted by Crippen LogP contribution is -2.19. The predicted octanol–water partition coefficient (Wildman–Crippen LogP) is 3.21. The van der Waals surface area contributed by atoms with Crippen LogP contribution in [0.15, 0.2) is 6.07 Å². The molecule has 0 bridgehead atoms. The molecule has 0 spiro atoms. The lowest BCUT2D eigenvalue weighted by Gasteiger charge is -2.12. The Morgan fingerprint density at radius 2 is 2.05 bits per heavy atom. The lowest BCUT2D eigenvalue weighted by molar-refractivity contribution is -0.141. The van der Waals surface area contributed by atoms with Crippen LogP contribution in [0, 0.1) is 19.8 Å². The van der Waals surface area contributed by atoms with Crippen LogP contribution in [-0.2, 0) is 6.54 Å². The first-order valence-corrected chi connectivity index (χ1v) is 7.76. The van der Waals surface area contributed by atoms with E-state index in [-0.39, 0.29) is 24.1 Å². The average Bonchev–Trinajstić information content (AvgIpc) is 2.64. The summed E-state index contributed by atoms with van der Waals surface area (Å²) >= 11 is 1.38. The molecular weight excluding hydrogens is 303 g/mol. The second kappa shape index (κ2) is 7.35. The van der Waals surface area contributed by atoms with E-state index in [1.807, 2.05) is 6.92 Å². The fourth-order valence-corrected chi connectivity index (χ4v) is 2.96. The minimum Gasteiger partial charge on any atom is -0.396 e. The Morgan fingerprint density at radius 1 is 1.43 bits per heavy atom. The molecule has 1 heterocycles. The zero-order valence-electron chi connectivity index (χ0n) is 12.3. The summed E-state index contributed by atoms with van der Waals surface area (Å²) in [6.07, 6.45) is -4.31. The smallest absolute Gasteiger partial charge is 0.396 e. The van der Waals surface area contributed by atoms with Gasteiger partial charge in [-0.05, 0) is 31.6 Å². The molecule has 3 nitrogen and oxygen atoms in total. The van der Waals surface area contributed by atoms with E-state index in [1.54, 1.807) is 6.92 Å². The second-order valence-electron chi connectivity index (χ2n) is 5.21. The van der Waals surface area contributed by atoms with Crippen LogP contribution in [0.5, 0.6) is 0 Å². The molecule has 1 aromatic rings. The number of rotatable bonds is 7. The topological polar surface area (TPSA) is 42.2 Å². The molecule has 120 valence electrons. The highest BCUT2D eigenvalue weighted by molar-refractivity contribution is 7.99. The predicted molar refractivity (Wildman–Crippen MR) is 77.9 cm³/mol. The molecule has 0 aromatic carbocycles. The number of halogens is 3. The van der Waals surface area contributed by atoms with Gasteiger partial charge < -0.3 is 9.67 Å². The molecular formula is C14H20F3NO2S. The zero-order valence-corrected chi connectivity index (χ0v) is 13.1. The van der Waals surface area contributed by atoms with Crippen LogP contribution >= 0.6 is 11.8 Å². The minimum absolute atomic E-state index is 0.0568. The van der Waals surface area contributed by atoms with Crippen molar-refractivity contribution in [2.24, 2.45) is 5.92 Å². The molecule has 0 fully saturated rings. The van der Waals surface area contributed by atoms with E-state index in [4.69, 9.17) is 5.11 Å². The monoisotopic (exact) mass is 323 g/mol. The Bertz CT molecular complexity index is 497. The van der Waals surface area contributed by atoms with Gasteiger partial charge in [0.2, 0.25) is 0 Å². The largest absolute Gasteiger partial charge is 0.406 e. The molecule has 0 radical (unpaired) electrons. The molecule has 0 saturated heterocycles. The van der Waals surface area contributed by atoms with Gasteiger partial charge in [-0.1, -0.05) is 6.92 Å². The number of aliphatic hydroxyl groups is 1. The standard InChI is InChI=1S/C14H20F3NO2S/c1-9(5-19)6-21-7-13(20)12-4-10(2)18(11(12)3)8-14(15,16)17/h4,9,19H,5-8H2,1-3H3. The van der Waals surface area contributed by atoms with Crippen LogP contribution in [0.1, 0.15) is 28.7 Å². The second-order valence-corrected chi connectivity index (χ2v) is 6.24. The quantitative estimate of drug-likeness (QED) is 0.784. The van der Waals surface area contributed by atoms with Crippen LogP contribution in [0.25, 0.3) is 0 Å². The first-order valence-electron chi connectivity index (χ1n) is 6.61. The number of ketones is 1. The van der Waals surface area contributed by atoms with Crippen molar-refractivity contribution in [2.45, 2.75) is 33.5 Å². The Balaban J connectivity index is 2.75. The maximum atomic E-state index is 12.5. The van der Waals surface area contributed by atoms with Gasteiger partial charge >= 0.3 is 6.18 Å². The molecule has 0 aliphatic carbocycles.